The molecule has 1 aliphatic heterocycles. The van der Waals surface area contributed by atoms with Crippen LogP contribution in [0.5, 0.6) is 0 Å². The van der Waals surface area contributed by atoms with E-state index in [0.29, 0.717) is 19.7 Å². The van der Waals surface area contributed by atoms with Crippen LogP contribution in [0.4, 0.5) is 17.6 Å². The zero-order valence-corrected chi connectivity index (χ0v) is 17.4. The van der Waals surface area contributed by atoms with E-state index < -0.39 is 41.2 Å². The maximum absolute atomic E-state index is 14.7. The van der Waals surface area contributed by atoms with Gasteiger partial charge >= 0.3 is 6.18 Å². The van der Waals surface area contributed by atoms with Gasteiger partial charge in [0.2, 0.25) is 0 Å². The molecule has 2 aromatic rings. The first-order valence-electron chi connectivity index (χ1n) is 10.2. The zero-order valence-electron chi connectivity index (χ0n) is 17.4. The monoisotopic (exact) mass is 460 g/mol. The molecule has 0 radical (unpaired) electrons. The van der Waals surface area contributed by atoms with Crippen molar-refractivity contribution in [3.8, 4) is 23.3 Å². The molecule has 33 heavy (non-hydrogen) atoms. The summed E-state index contributed by atoms with van der Waals surface area (Å²) in [5, 5.41) is 23.9. The number of amides is 1. The van der Waals surface area contributed by atoms with E-state index in [4.69, 9.17) is 10.00 Å². The van der Waals surface area contributed by atoms with Crippen molar-refractivity contribution in [1.29, 1.82) is 10.5 Å². The van der Waals surface area contributed by atoms with Gasteiger partial charge in [0, 0.05) is 19.6 Å². The molecule has 1 amide bonds. The average molecular weight is 460 g/mol. The molecular weight excluding hydrogens is 440 g/mol. The van der Waals surface area contributed by atoms with E-state index in [1.54, 1.807) is 0 Å². The van der Waals surface area contributed by atoms with Crippen LogP contribution in [0.25, 0.3) is 11.1 Å². The first-order chi connectivity index (χ1) is 15.7. The Hall–Kier alpha value is -3.47. The summed E-state index contributed by atoms with van der Waals surface area (Å²) in [5.41, 5.74) is -1.23. The maximum atomic E-state index is 14.7. The summed E-state index contributed by atoms with van der Waals surface area (Å²) in [5.74, 6) is -1.21. The highest BCUT2D eigenvalue weighted by Gasteiger charge is 2.34. The number of nitrogens with zero attached hydrogens (tertiary/aromatic N) is 2. The zero-order chi connectivity index (χ0) is 24.0. The molecule has 3 rings (SSSR count). The molecule has 2 atom stereocenters. The molecule has 0 saturated carbocycles. The number of hydrogen-bond donors (Lipinski definition) is 2. The van der Waals surface area contributed by atoms with Crippen molar-refractivity contribution in [3.05, 3.63) is 58.9 Å². The van der Waals surface area contributed by atoms with Crippen molar-refractivity contribution in [1.82, 2.24) is 10.6 Å². The second-order valence-corrected chi connectivity index (χ2v) is 7.49. The highest BCUT2D eigenvalue weighted by molar-refractivity contribution is 5.81. The predicted octanol–water partition coefficient (Wildman–Crippen LogP) is 3.31. The van der Waals surface area contributed by atoms with Gasteiger partial charge < -0.3 is 15.4 Å². The van der Waals surface area contributed by atoms with Crippen LogP contribution in [-0.2, 0) is 22.1 Å². The van der Waals surface area contributed by atoms with Crippen LogP contribution >= 0.6 is 0 Å². The van der Waals surface area contributed by atoms with Gasteiger partial charge in [0.15, 0.2) is 0 Å². The topological polar surface area (TPSA) is 97.9 Å². The fourth-order valence-electron chi connectivity index (χ4n) is 3.45. The molecule has 1 unspecified atom stereocenters. The van der Waals surface area contributed by atoms with Crippen molar-refractivity contribution in [2.24, 2.45) is 0 Å². The number of nitriles is 2. The Morgan fingerprint density at radius 3 is 2.61 bits per heavy atom. The molecule has 2 N–H and O–H groups in total. The Bertz CT molecular complexity index is 1100. The molecule has 6 nitrogen and oxygen atoms in total. The minimum atomic E-state index is -4.73. The first kappa shape index (κ1) is 24.2. The summed E-state index contributed by atoms with van der Waals surface area (Å²) in [7, 11) is 0. The van der Waals surface area contributed by atoms with Crippen molar-refractivity contribution in [3.63, 3.8) is 0 Å². The Balaban J connectivity index is 1.76. The van der Waals surface area contributed by atoms with Crippen LogP contribution in [0, 0.1) is 28.5 Å². The van der Waals surface area contributed by atoms with E-state index in [9.17, 15) is 27.6 Å². The van der Waals surface area contributed by atoms with Crippen LogP contribution < -0.4 is 10.6 Å². The molecule has 0 bridgehead atoms. The second kappa shape index (κ2) is 10.4. The smallest absolute Gasteiger partial charge is 0.367 e. The third-order valence-corrected chi connectivity index (χ3v) is 5.17. The number of carbonyl (C=O) groups is 1. The number of hydrogen-bond acceptors (Lipinski definition) is 5. The predicted molar refractivity (Wildman–Crippen MR) is 110 cm³/mol. The molecule has 172 valence electrons. The lowest BCUT2D eigenvalue weighted by atomic mass is 9.97. The summed E-state index contributed by atoms with van der Waals surface area (Å²) >= 11 is 0. The normalized spacial score (nSPS) is 17.3. The first-order valence-corrected chi connectivity index (χ1v) is 10.2. The summed E-state index contributed by atoms with van der Waals surface area (Å²) in [6.45, 7) is 1.42. The lowest BCUT2D eigenvalue weighted by Crippen LogP contribution is -2.46. The number of halogens is 4. The van der Waals surface area contributed by atoms with Crippen molar-refractivity contribution in [2.45, 2.75) is 31.2 Å². The molecule has 1 heterocycles. The number of carbonyl (C=O) groups excluding carboxylic acids is 1. The lowest BCUT2D eigenvalue weighted by molar-refractivity contribution is -0.137. The standard InChI is InChI=1S/C23H20F4N4O2/c24-20-10-15(14-3-5-17(11-28)19(9-14)23(25,26)27)2-4-16(20)8-18(12-29)31-22(32)21-13-30-6-1-7-33-21/h2-5,9-10,18,21,30H,1,6-8,13H2,(H,31,32)/t18-,21?/m0/s1. The van der Waals surface area contributed by atoms with E-state index in [1.165, 1.54) is 24.3 Å². The minimum Gasteiger partial charge on any atom is -0.367 e. The quantitative estimate of drug-likeness (QED) is 0.668. The van der Waals surface area contributed by atoms with E-state index in [-0.39, 0.29) is 23.1 Å². The van der Waals surface area contributed by atoms with Gasteiger partial charge in [-0.2, -0.15) is 23.7 Å². The highest BCUT2D eigenvalue weighted by Crippen LogP contribution is 2.35. The fourth-order valence-corrected chi connectivity index (χ4v) is 3.45. The molecular formula is C23H20F4N4O2. The SMILES string of the molecule is N#Cc1ccc(-c2ccc(C[C@@H](C#N)NC(=O)C3CNCCCO3)c(F)c2)cc1C(F)(F)F. The van der Waals surface area contributed by atoms with E-state index >= 15 is 0 Å². The third kappa shape index (κ3) is 6.07. The second-order valence-electron chi connectivity index (χ2n) is 7.49. The third-order valence-electron chi connectivity index (χ3n) is 5.17. The molecule has 0 aliphatic carbocycles. The van der Waals surface area contributed by atoms with Gasteiger partial charge in [-0.05, 0) is 47.9 Å². The molecule has 1 fully saturated rings. The number of ether oxygens (including phenoxy) is 1. The van der Waals surface area contributed by atoms with E-state index in [2.05, 4.69) is 10.6 Å². The number of rotatable bonds is 5. The van der Waals surface area contributed by atoms with Gasteiger partial charge in [-0.25, -0.2) is 4.39 Å². The van der Waals surface area contributed by atoms with Crippen LogP contribution in [0.15, 0.2) is 36.4 Å². The maximum Gasteiger partial charge on any atom is 0.417 e. The summed E-state index contributed by atoms with van der Waals surface area (Å²) in [6, 6.07) is 9.38. The Morgan fingerprint density at radius 2 is 1.94 bits per heavy atom. The van der Waals surface area contributed by atoms with Gasteiger partial charge in [0.05, 0.1) is 23.3 Å². The lowest BCUT2D eigenvalue weighted by Gasteiger charge is -2.18. The molecule has 10 heteroatoms. The van der Waals surface area contributed by atoms with Crippen LogP contribution in [-0.4, -0.2) is 37.7 Å². The van der Waals surface area contributed by atoms with Crippen molar-refractivity contribution in [2.75, 3.05) is 19.7 Å². The largest absolute Gasteiger partial charge is 0.417 e. The van der Waals surface area contributed by atoms with Crippen LogP contribution in [0.2, 0.25) is 0 Å². The molecule has 0 spiro atoms. The van der Waals surface area contributed by atoms with Crippen molar-refractivity contribution >= 4 is 5.91 Å². The minimum absolute atomic E-state index is 0.0925. The number of benzene rings is 2. The Kier molecular flexibility index (Phi) is 7.64. The molecule has 1 aliphatic rings. The van der Waals surface area contributed by atoms with E-state index in [0.717, 1.165) is 24.6 Å². The Morgan fingerprint density at radius 1 is 1.21 bits per heavy atom. The summed E-state index contributed by atoms with van der Waals surface area (Å²) in [6.07, 6.45) is -4.86. The van der Waals surface area contributed by atoms with Gasteiger partial charge in [0.25, 0.3) is 5.91 Å². The van der Waals surface area contributed by atoms with Gasteiger partial charge in [-0.1, -0.05) is 18.2 Å². The average Bonchev–Trinajstić information content (AvgIpc) is 3.08. The van der Waals surface area contributed by atoms with Gasteiger partial charge in [-0.3, -0.25) is 4.79 Å². The van der Waals surface area contributed by atoms with Crippen molar-refractivity contribution < 1.29 is 27.1 Å². The van der Waals surface area contributed by atoms with Crippen LogP contribution in [0.3, 0.4) is 0 Å². The number of nitrogens with one attached hydrogen (secondary N) is 2. The van der Waals surface area contributed by atoms with Crippen LogP contribution in [0.1, 0.15) is 23.1 Å². The summed E-state index contributed by atoms with van der Waals surface area (Å²) < 4.78 is 59.8. The van der Waals surface area contributed by atoms with E-state index in [1.807, 2.05) is 6.07 Å². The highest BCUT2D eigenvalue weighted by atomic mass is 19.4. The molecule has 0 aromatic heterocycles. The number of alkyl halides is 3. The molecule has 2 aromatic carbocycles. The molecule has 1 saturated heterocycles. The summed E-state index contributed by atoms with van der Waals surface area (Å²) in [4.78, 5) is 12.4. The van der Waals surface area contributed by atoms with Gasteiger partial charge in [0.1, 0.15) is 18.0 Å². The Labute approximate surface area is 187 Å². The van der Waals surface area contributed by atoms with Gasteiger partial charge in [-0.15, -0.1) is 0 Å². The fraction of sp³-hybridized carbons (Fsp3) is 0.348.